The summed E-state index contributed by atoms with van der Waals surface area (Å²) in [5.41, 5.74) is -1.03. The number of halogens is 1. The molecule has 0 radical (unpaired) electrons. The van der Waals surface area contributed by atoms with Crippen molar-refractivity contribution in [1.29, 1.82) is 0 Å². The van der Waals surface area contributed by atoms with E-state index in [1.165, 1.54) is 0 Å². The minimum absolute atomic E-state index is 0.627. The zero-order valence-corrected chi connectivity index (χ0v) is 10.4. The number of hydrogen-bond donors (Lipinski definition) is 0. The van der Waals surface area contributed by atoms with Gasteiger partial charge in [0.25, 0.3) is 0 Å². The molecule has 0 aliphatic heterocycles. The molecule has 0 atom stereocenters. The first-order valence-electron chi connectivity index (χ1n) is 5.87. The second kappa shape index (κ2) is 6.39. The van der Waals surface area contributed by atoms with Crippen LogP contribution < -0.4 is 0 Å². The maximum absolute atomic E-state index is 13.3. The van der Waals surface area contributed by atoms with E-state index in [4.69, 9.17) is 0 Å². The highest BCUT2D eigenvalue weighted by Gasteiger charge is 2.19. The molecule has 0 spiro atoms. The Morgan fingerprint density at radius 1 is 1.14 bits per heavy atom. The van der Waals surface area contributed by atoms with Crippen LogP contribution in [0, 0.1) is 0 Å². The fraction of sp³-hybridized carbons (Fsp3) is 1.00. The van der Waals surface area contributed by atoms with Gasteiger partial charge < -0.3 is 4.90 Å². The van der Waals surface area contributed by atoms with Gasteiger partial charge in [-0.2, -0.15) is 0 Å². The van der Waals surface area contributed by atoms with E-state index in [0.29, 0.717) is 12.5 Å². The van der Waals surface area contributed by atoms with Crippen molar-refractivity contribution in [3.63, 3.8) is 0 Å². The smallest absolute Gasteiger partial charge is 0.106 e. The van der Waals surface area contributed by atoms with Gasteiger partial charge in [-0.3, -0.25) is 0 Å². The van der Waals surface area contributed by atoms with Crippen molar-refractivity contribution in [3.8, 4) is 0 Å². The highest BCUT2D eigenvalue weighted by atomic mass is 19.1. The molecule has 0 saturated carbocycles. The zero-order chi connectivity index (χ0) is 11.2. The van der Waals surface area contributed by atoms with Gasteiger partial charge in [0.1, 0.15) is 5.67 Å². The van der Waals surface area contributed by atoms with Crippen molar-refractivity contribution < 1.29 is 4.39 Å². The lowest BCUT2D eigenvalue weighted by Gasteiger charge is -2.30. The third kappa shape index (κ3) is 5.58. The molecule has 0 aliphatic rings. The van der Waals surface area contributed by atoms with E-state index in [1.807, 2.05) is 0 Å². The Balaban J connectivity index is 4.01. The Morgan fingerprint density at radius 2 is 1.64 bits per heavy atom. The lowest BCUT2D eigenvalue weighted by molar-refractivity contribution is 0.134. The van der Waals surface area contributed by atoms with E-state index in [0.717, 1.165) is 25.9 Å². The fourth-order valence-electron chi connectivity index (χ4n) is 1.81. The molecular formula is C12H26FN. The number of alkyl halides is 1. The molecule has 0 heterocycles. The van der Waals surface area contributed by atoms with Crippen LogP contribution in [0.1, 0.15) is 53.9 Å². The molecule has 86 valence electrons. The molecule has 0 aromatic heterocycles. The van der Waals surface area contributed by atoms with Crippen LogP contribution in [0.3, 0.4) is 0 Å². The van der Waals surface area contributed by atoms with Gasteiger partial charge in [-0.1, -0.05) is 20.8 Å². The third-order valence-electron chi connectivity index (χ3n) is 2.86. The van der Waals surface area contributed by atoms with Crippen molar-refractivity contribution in [1.82, 2.24) is 4.90 Å². The van der Waals surface area contributed by atoms with Crippen molar-refractivity contribution in [2.75, 3.05) is 13.1 Å². The Labute approximate surface area is 88.7 Å². The Hall–Kier alpha value is -0.110. The average molecular weight is 203 g/mol. The molecule has 0 aliphatic carbocycles. The number of hydrogen-bond acceptors (Lipinski definition) is 1. The molecule has 0 N–H and O–H groups in total. The summed E-state index contributed by atoms with van der Waals surface area (Å²) in [5, 5.41) is 0. The van der Waals surface area contributed by atoms with Crippen LogP contribution >= 0.6 is 0 Å². The van der Waals surface area contributed by atoms with E-state index in [-0.39, 0.29) is 0 Å². The van der Waals surface area contributed by atoms with E-state index >= 15 is 0 Å². The fourth-order valence-corrected chi connectivity index (χ4v) is 1.81. The maximum atomic E-state index is 13.3. The normalized spacial score (nSPS) is 12.9. The Bertz CT molecular complexity index is 136. The molecule has 2 heteroatoms. The van der Waals surface area contributed by atoms with Crippen molar-refractivity contribution in [2.24, 2.45) is 0 Å². The average Bonchev–Trinajstić information content (AvgIpc) is 2.10. The van der Waals surface area contributed by atoms with E-state index in [2.05, 4.69) is 25.7 Å². The van der Waals surface area contributed by atoms with Crippen LogP contribution in [-0.4, -0.2) is 29.7 Å². The molecule has 0 aromatic rings. The van der Waals surface area contributed by atoms with Crippen molar-refractivity contribution in [3.05, 3.63) is 0 Å². The summed E-state index contributed by atoms with van der Waals surface area (Å²) in [6, 6.07) is 0.627. The standard InChI is InChI=1S/C12H26FN/c1-6-11(7-2)14(8-3)10-9-12(4,5)13/h11H,6-10H2,1-5H3. The first-order chi connectivity index (χ1) is 6.44. The predicted octanol–water partition coefficient (Wildman–Crippen LogP) is 3.64. The Morgan fingerprint density at radius 3 is 1.93 bits per heavy atom. The summed E-state index contributed by atoms with van der Waals surface area (Å²) in [6.07, 6.45) is 2.96. The van der Waals surface area contributed by atoms with Gasteiger partial charge in [0.2, 0.25) is 0 Å². The molecule has 0 rings (SSSR count). The highest BCUT2D eigenvalue weighted by molar-refractivity contribution is 4.73. The van der Waals surface area contributed by atoms with Gasteiger partial charge in [-0.15, -0.1) is 0 Å². The molecule has 0 amide bonds. The van der Waals surface area contributed by atoms with Crippen LogP contribution in [0.25, 0.3) is 0 Å². The second-order valence-corrected chi connectivity index (χ2v) is 4.57. The first-order valence-corrected chi connectivity index (χ1v) is 5.87. The van der Waals surface area contributed by atoms with Crippen molar-refractivity contribution >= 4 is 0 Å². The molecule has 0 unspecified atom stereocenters. The molecule has 0 fully saturated rings. The summed E-state index contributed by atoms with van der Waals surface area (Å²) in [4.78, 5) is 2.39. The van der Waals surface area contributed by atoms with Crippen LogP contribution in [0.15, 0.2) is 0 Å². The maximum Gasteiger partial charge on any atom is 0.106 e. The van der Waals surface area contributed by atoms with Gasteiger partial charge in [-0.25, -0.2) is 4.39 Å². The van der Waals surface area contributed by atoms with Crippen LogP contribution in [0.2, 0.25) is 0 Å². The van der Waals surface area contributed by atoms with Gasteiger partial charge in [0.15, 0.2) is 0 Å². The summed E-state index contributed by atoms with van der Waals surface area (Å²) >= 11 is 0. The highest BCUT2D eigenvalue weighted by Crippen LogP contribution is 2.16. The topological polar surface area (TPSA) is 3.24 Å². The van der Waals surface area contributed by atoms with Crippen molar-refractivity contribution in [2.45, 2.75) is 65.6 Å². The lowest BCUT2D eigenvalue weighted by atomic mass is 10.1. The van der Waals surface area contributed by atoms with E-state index in [1.54, 1.807) is 13.8 Å². The SMILES string of the molecule is CCC(CC)N(CC)CCC(C)(C)F. The summed E-state index contributed by atoms with van der Waals surface area (Å²) in [5.74, 6) is 0. The van der Waals surface area contributed by atoms with Crippen LogP contribution in [0.5, 0.6) is 0 Å². The van der Waals surface area contributed by atoms with Gasteiger partial charge in [0.05, 0.1) is 0 Å². The quantitative estimate of drug-likeness (QED) is 0.610. The molecule has 1 nitrogen and oxygen atoms in total. The van der Waals surface area contributed by atoms with Gasteiger partial charge in [0, 0.05) is 12.6 Å². The lowest BCUT2D eigenvalue weighted by Crippen LogP contribution is -2.37. The molecule has 0 aromatic carbocycles. The summed E-state index contributed by atoms with van der Waals surface area (Å²) < 4.78 is 13.3. The minimum atomic E-state index is -1.03. The van der Waals surface area contributed by atoms with E-state index in [9.17, 15) is 4.39 Å². The first kappa shape index (κ1) is 13.9. The second-order valence-electron chi connectivity index (χ2n) is 4.57. The van der Waals surface area contributed by atoms with Crippen LogP contribution in [-0.2, 0) is 0 Å². The zero-order valence-electron chi connectivity index (χ0n) is 10.4. The van der Waals surface area contributed by atoms with Gasteiger partial charge in [-0.05, 0) is 39.7 Å². The Kier molecular flexibility index (Phi) is 6.34. The third-order valence-corrected chi connectivity index (χ3v) is 2.86. The molecule has 0 bridgehead atoms. The van der Waals surface area contributed by atoms with Gasteiger partial charge >= 0.3 is 0 Å². The summed E-state index contributed by atoms with van der Waals surface area (Å²) in [6.45, 7) is 11.8. The molecular weight excluding hydrogens is 177 g/mol. The number of rotatable bonds is 7. The summed E-state index contributed by atoms with van der Waals surface area (Å²) in [7, 11) is 0. The monoisotopic (exact) mass is 203 g/mol. The van der Waals surface area contributed by atoms with E-state index < -0.39 is 5.67 Å². The van der Waals surface area contributed by atoms with Crippen LogP contribution in [0.4, 0.5) is 4.39 Å². The predicted molar refractivity (Wildman–Crippen MR) is 61.4 cm³/mol. The number of nitrogens with zero attached hydrogens (tertiary/aromatic N) is 1. The largest absolute Gasteiger partial charge is 0.301 e. The minimum Gasteiger partial charge on any atom is -0.301 e. The molecule has 0 saturated heterocycles. The molecule has 14 heavy (non-hydrogen) atoms.